The largest absolute Gasteiger partial charge is 0.493 e. The number of benzene rings is 1. The first-order valence-corrected chi connectivity index (χ1v) is 8.19. The van der Waals surface area contributed by atoms with Gasteiger partial charge in [0.2, 0.25) is 5.91 Å². The number of nitrogens with zero attached hydrogens (tertiary/aromatic N) is 1. The van der Waals surface area contributed by atoms with Crippen LogP contribution in [0.5, 0.6) is 5.75 Å². The van der Waals surface area contributed by atoms with Crippen LogP contribution in [0.3, 0.4) is 0 Å². The van der Waals surface area contributed by atoms with E-state index in [4.69, 9.17) is 4.74 Å². The van der Waals surface area contributed by atoms with Gasteiger partial charge in [0.1, 0.15) is 5.75 Å². The molecule has 2 atom stereocenters. The number of ether oxygens (including phenoxy) is 1. The number of hydrogen-bond donors (Lipinski definition) is 1. The SMILES string of the molecule is CC(C)C1(C(=O)O)CCN(C(=O)C2CCOc3ccccc32)C1. The van der Waals surface area contributed by atoms with Gasteiger partial charge in [0.15, 0.2) is 0 Å². The number of rotatable bonds is 3. The Morgan fingerprint density at radius 2 is 2.09 bits per heavy atom. The Morgan fingerprint density at radius 3 is 2.74 bits per heavy atom. The molecule has 2 aliphatic heterocycles. The molecule has 1 amide bonds. The summed E-state index contributed by atoms with van der Waals surface area (Å²) >= 11 is 0. The first kappa shape index (κ1) is 15.8. The summed E-state index contributed by atoms with van der Waals surface area (Å²) in [7, 11) is 0. The summed E-state index contributed by atoms with van der Waals surface area (Å²) in [6.45, 7) is 5.19. The fourth-order valence-corrected chi connectivity index (χ4v) is 3.73. The lowest BCUT2D eigenvalue weighted by Crippen LogP contribution is -2.42. The maximum atomic E-state index is 13.0. The van der Waals surface area contributed by atoms with Crippen molar-refractivity contribution in [3.63, 3.8) is 0 Å². The average molecular weight is 317 g/mol. The number of likely N-dealkylation sites (tertiary alicyclic amines) is 1. The summed E-state index contributed by atoms with van der Waals surface area (Å²) in [5.74, 6) is -0.221. The minimum atomic E-state index is -0.819. The highest BCUT2D eigenvalue weighted by atomic mass is 16.5. The molecule has 0 bridgehead atoms. The van der Waals surface area contributed by atoms with E-state index in [1.807, 2.05) is 38.1 Å². The zero-order valence-corrected chi connectivity index (χ0v) is 13.6. The van der Waals surface area contributed by atoms with Gasteiger partial charge in [0.25, 0.3) is 0 Å². The molecule has 1 aromatic carbocycles. The maximum absolute atomic E-state index is 13.0. The molecule has 0 aromatic heterocycles. The molecule has 1 aromatic rings. The molecular formula is C18H23NO4. The third-order valence-corrected chi connectivity index (χ3v) is 5.40. The van der Waals surface area contributed by atoms with Crippen LogP contribution in [0.1, 0.15) is 38.2 Å². The van der Waals surface area contributed by atoms with E-state index in [0.717, 1.165) is 11.3 Å². The number of carboxylic acid groups (broad SMARTS) is 1. The summed E-state index contributed by atoms with van der Waals surface area (Å²) in [6.07, 6.45) is 1.17. The smallest absolute Gasteiger partial charge is 0.311 e. The average Bonchev–Trinajstić information content (AvgIpc) is 3.00. The van der Waals surface area contributed by atoms with Gasteiger partial charge < -0.3 is 14.7 Å². The second kappa shape index (κ2) is 5.87. The van der Waals surface area contributed by atoms with Gasteiger partial charge in [-0.05, 0) is 24.8 Å². The Bertz CT molecular complexity index is 627. The standard InChI is InChI=1S/C18H23NO4/c1-12(2)18(17(21)22)8-9-19(11-18)16(20)14-7-10-23-15-6-4-3-5-13(14)15/h3-6,12,14H,7-11H2,1-2H3,(H,21,22). The van der Waals surface area contributed by atoms with Gasteiger partial charge in [-0.25, -0.2) is 0 Å². The number of carboxylic acids is 1. The molecule has 2 aliphatic rings. The quantitative estimate of drug-likeness (QED) is 0.930. The number of para-hydroxylation sites is 1. The second-order valence-electron chi connectivity index (χ2n) is 6.85. The van der Waals surface area contributed by atoms with Crippen molar-refractivity contribution in [3.8, 4) is 5.75 Å². The Kier molecular flexibility index (Phi) is 4.04. The van der Waals surface area contributed by atoms with E-state index in [9.17, 15) is 14.7 Å². The first-order valence-electron chi connectivity index (χ1n) is 8.19. The molecular weight excluding hydrogens is 294 g/mol. The Hall–Kier alpha value is -2.04. The van der Waals surface area contributed by atoms with E-state index in [1.165, 1.54) is 0 Å². The van der Waals surface area contributed by atoms with Crippen molar-refractivity contribution >= 4 is 11.9 Å². The molecule has 1 fully saturated rings. The number of amides is 1. The van der Waals surface area contributed by atoms with Crippen LogP contribution in [0, 0.1) is 11.3 Å². The molecule has 0 saturated carbocycles. The van der Waals surface area contributed by atoms with Crippen LogP contribution in [-0.4, -0.2) is 41.6 Å². The number of aliphatic carboxylic acids is 1. The second-order valence-corrected chi connectivity index (χ2v) is 6.85. The third-order valence-electron chi connectivity index (χ3n) is 5.40. The van der Waals surface area contributed by atoms with Crippen molar-refractivity contribution in [1.29, 1.82) is 0 Å². The van der Waals surface area contributed by atoms with Crippen molar-refractivity contribution in [2.75, 3.05) is 19.7 Å². The summed E-state index contributed by atoms with van der Waals surface area (Å²) in [6, 6.07) is 7.62. The topological polar surface area (TPSA) is 66.8 Å². The van der Waals surface area contributed by atoms with Gasteiger partial charge in [-0.15, -0.1) is 0 Å². The molecule has 1 saturated heterocycles. The minimum Gasteiger partial charge on any atom is -0.493 e. The molecule has 23 heavy (non-hydrogen) atoms. The van der Waals surface area contributed by atoms with Crippen molar-refractivity contribution in [1.82, 2.24) is 4.90 Å². The lowest BCUT2D eigenvalue weighted by atomic mass is 9.76. The summed E-state index contributed by atoms with van der Waals surface area (Å²) in [5.41, 5.74) is 0.0986. The summed E-state index contributed by atoms with van der Waals surface area (Å²) in [5, 5.41) is 9.64. The zero-order chi connectivity index (χ0) is 16.6. The van der Waals surface area contributed by atoms with E-state index in [0.29, 0.717) is 32.5 Å². The Balaban J connectivity index is 1.82. The molecule has 0 aliphatic carbocycles. The van der Waals surface area contributed by atoms with E-state index < -0.39 is 11.4 Å². The Labute approximate surface area is 136 Å². The van der Waals surface area contributed by atoms with Gasteiger partial charge in [-0.1, -0.05) is 32.0 Å². The maximum Gasteiger partial charge on any atom is 0.311 e. The molecule has 2 heterocycles. The number of carbonyl (C=O) groups is 2. The third kappa shape index (κ3) is 2.58. The fraction of sp³-hybridized carbons (Fsp3) is 0.556. The highest BCUT2D eigenvalue weighted by Gasteiger charge is 2.49. The molecule has 0 radical (unpaired) electrons. The number of fused-ring (bicyclic) bond motifs is 1. The number of hydrogen-bond acceptors (Lipinski definition) is 3. The normalized spacial score (nSPS) is 26.7. The van der Waals surface area contributed by atoms with Gasteiger partial charge in [0.05, 0.1) is 17.9 Å². The molecule has 2 unspecified atom stereocenters. The van der Waals surface area contributed by atoms with Gasteiger partial charge >= 0.3 is 5.97 Å². The van der Waals surface area contributed by atoms with Crippen molar-refractivity contribution in [3.05, 3.63) is 29.8 Å². The predicted molar refractivity (Wildman–Crippen MR) is 85.4 cm³/mol. The molecule has 0 spiro atoms. The highest BCUT2D eigenvalue weighted by Crippen LogP contribution is 2.41. The van der Waals surface area contributed by atoms with Crippen LogP contribution in [0.2, 0.25) is 0 Å². The number of carbonyl (C=O) groups excluding carboxylic acids is 1. The zero-order valence-electron chi connectivity index (χ0n) is 13.6. The fourth-order valence-electron chi connectivity index (χ4n) is 3.73. The van der Waals surface area contributed by atoms with E-state index in [1.54, 1.807) is 4.90 Å². The minimum absolute atomic E-state index is 0.000208. The van der Waals surface area contributed by atoms with Crippen molar-refractivity contribution in [2.45, 2.75) is 32.6 Å². The molecule has 5 nitrogen and oxygen atoms in total. The monoisotopic (exact) mass is 317 g/mol. The lowest BCUT2D eigenvalue weighted by molar-refractivity contribution is -0.151. The van der Waals surface area contributed by atoms with Gasteiger partial charge in [-0.3, -0.25) is 9.59 Å². The molecule has 124 valence electrons. The van der Waals surface area contributed by atoms with Gasteiger partial charge in [-0.2, -0.15) is 0 Å². The summed E-state index contributed by atoms with van der Waals surface area (Å²) < 4.78 is 5.62. The lowest BCUT2D eigenvalue weighted by Gasteiger charge is -2.31. The van der Waals surface area contributed by atoms with Crippen LogP contribution in [-0.2, 0) is 9.59 Å². The van der Waals surface area contributed by atoms with Crippen molar-refractivity contribution in [2.24, 2.45) is 11.3 Å². The van der Waals surface area contributed by atoms with E-state index in [2.05, 4.69) is 0 Å². The van der Waals surface area contributed by atoms with Gasteiger partial charge in [0, 0.05) is 18.7 Å². The van der Waals surface area contributed by atoms with Crippen LogP contribution < -0.4 is 4.74 Å². The predicted octanol–water partition coefficient (Wildman–Crippen LogP) is 2.51. The Morgan fingerprint density at radius 1 is 1.35 bits per heavy atom. The first-order chi connectivity index (χ1) is 11.0. The molecule has 1 N–H and O–H groups in total. The molecule has 3 rings (SSSR count). The molecule has 5 heteroatoms. The van der Waals surface area contributed by atoms with E-state index in [-0.39, 0.29) is 17.7 Å². The van der Waals surface area contributed by atoms with Crippen LogP contribution >= 0.6 is 0 Å². The highest BCUT2D eigenvalue weighted by molar-refractivity contribution is 5.86. The summed E-state index contributed by atoms with van der Waals surface area (Å²) in [4.78, 5) is 26.5. The van der Waals surface area contributed by atoms with Crippen LogP contribution in [0.15, 0.2) is 24.3 Å². The van der Waals surface area contributed by atoms with Crippen molar-refractivity contribution < 1.29 is 19.4 Å². The van der Waals surface area contributed by atoms with Crippen LogP contribution in [0.4, 0.5) is 0 Å². The van der Waals surface area contributed by atoms with Crippen LogP contribution in [0.25, 0.3) is 0 Å². The van der Waals surface area contributed by atoms with E-state index >= 15 is 0 Å².